The SMILES string of the molecule is C[C@H](NC(=O)[C@H](C)NC(=O)[C@@H](NC(=O)CCCN(C)COC/C=C\O)[C@H](NC(=O)CCCN1C(=O)C=CC1=O)C(=O)N[C@@H](C)C(=O)N[C@@H](C)C(=O)O)C(=O)O. The van der Waals surface area contributed by atoms with E-state index in [0.717, 1.165) is 23.3 Å². The normalized spacial score (nSPS) is 15.7. The maximum atomic E-state index is 13.8. The third-order valence-corrected chi connectivity index (χ3v) is 7.75. The van der Waals surface area contributed by atoms with Crippen LogP contribution in [0.4, 0.5) is 0 Å². The maximum absolute atomic E-state index is 13.8. The van der Waals surface area contributed by atoms with Gasteiger partial charge in [-0.25, -0.2) is 0 Å². The number of nitrogens with one attached hydrogen (secondary N) is 6. The van der Waals surface area contributed by atoms with Gasteiger partial charge in [0.05, 0.1) is 19.6 Å². The Kier molecular flexibility index (Phi) is 20.3. The second kappa shape index (κ2) is 23.7. The fourth-order valence-corrected chi connectivity index (χ4v) is 4.57. The van der Waals surface area contributed by atoms with Gasteiger partial charge in [0.15, 0.2) is 0 Å². The molecule has 0 aliphatic carbocycles. The van der Waals surface area contributed by atoms with Crippen molar-refractivity contribution in [1.82, 2.24) is 41.7 Å². The Balaban J connectivity index is 3.36. The van der Waals surface area contributed by atoms with Crippen molar-refractivity contribution >= 4 is 59.2 Å². The first-order chi connectivity index (χ1) is 25.8. The summed E-state index contributed by atoms with van der Waals surface area (Å²) in [6.07, 6.45) is 3.79. The van der Waals surface area contributed by atoms with Gasteiger partial charge in [0, 0.05) is 38.1 Å². The van der Waals surface area contributed by atoms with Crippen LogP contribution in [0.1, 0.15) is 53.4 Å². The minimum Gasteiger partial charge on any atom is -0.516 e. The third-order valence-electron chi connectivity index (χ3n) is 7.75. The van der Waals surface area contributed by atoms with Crippen molar-refractivity contribution in [3.63, 3.8) is 0 Å². The molecule has 0 spiro atoms. The Morgan fingerprint density at radius 2 is 1.11 bits per heavy atom. The number of rotatable bonds is 25. The van der Waals surface area contributed by atoms with E-state index in [9.17, 15) is 47.9 Å². The van der Waals surface area contributed by atoms with E-state index in [2.05, 4.69) is 31.9 Å². The number of aliphatic hydroxyl groups excluding tert-OH is 1. The Labute approximate surface area is 316 Å². The zero-order chi connectivity index (χ0) is 41.8. The molecule has 9 N–H and O–H groups in total. The van der Waals surface area contributed by atoms with Gasteiger partial charge < -0.3 is 52.0 Å². The highest BCUT2D eigenvalue weighted by atomic mass is 16.5. The molecule has 0 aromatic rings. The van der Waals surface area contributed by atoms with Gasteiger partial charge in [0.25, 0.3) is 11.8 Å². The summed E-state index contributed by atoms with van der Waals surface area (Å²) in [5, 5.41) is 40.6. The van der Waals surface area contributed by atoms with Gasteiger partial charge in [-0.2, -0.15) is 0 Å². The quantitative estimate of drug-likeness (QED) is 0.0189. The molecule has 1 aliphatic rings. The molecule has 6 atom stereocenters. The van der Waals surface area contributed by atoms with Gasteiger partial charge in [-0.3, -0.25) is 57.7 Å². The molecule has 0 fully saturated rings. The predicted octanol–water partition coefficient (Wildman–Crippen LogP) is -3.39. The van der Waals surface area contributed by atoms with Crippen molar-refractivity contribution in [2.45, 2.75) is 89.6 Å². The van der Waals surface area contributed by atoms with Crippen molar-refractivity contribution in [1.29, 1.82) is 0 Å². The number of carboxylic acid groups (broad SMARTS) is 2. The van der Waals surface area contributed by atoms with Crippen molar-refractivity contribution in [2.75, 3.05) is 33.5 Å². The van der Waals surface area contributed by atoms with Crippen molar-refractivity contribution in [3.8, 4) is 0 Å². The second-order valence-corrected chi connectivity index (χ2v) is 12.5. The number of carbonyl (C=O) groups is 10. The van der Waals surface area contributed by atoms with E-state index in [1.807, 2.05) is 0 Å². The summed E-state index contributed by atoms with van der Waals surface area (Å²) in [4.78, 5) is 128. The minimum absolute atomic E-state index is 0.0824. The van der Waals surface area contributed by atoms with Crippen LogP contribution in [0.5, 0.6) is 0 Å². The molecule has 0 unspecified atom stereocenters. The summed E-state index contributed by atoms with van der Waals surface area (Å²) >= 11 is 0. The first-order valence-electron chi connectivity index (χ1n) is 17.1. The first kappa shape index (κ1) is 47.1. The van der Waals surface area contributed by atoms with Crippen molar-refractivity contribution in [2.24, 2.45) is 0 Å². The molecule has 8 amide bonds. The van der Waals surface area contributed by atoms with Crippen molar-refractivity contribution in [3.05, 3.63) is 24.5 Å². The number of imide groups is 1. The van der Waals surface area contributed by atoms with E-state index < -0.39 is 102 Å². The molecule has 22 heteroatoms. The van der Waals surface area contributed by atoms with Crippen LogP contribution in [0.25, 0.3) is 0 Å². The second-order valence-electron chi connectivity index (χ2n) is 12.5. The van der Waals surface area contributed by atoms with Gasteiger partial charge in [-0.1, -0.05) is 0 Å². The molecule has 22 nitrogen and oxygen atoms in total. The number of ether oxygens (including phenoxy) is 1. The highest BCUT2D eigenvalue weighted by Crippen LogP contribution is 2.07. The van der Waals surface area contributed by atoms with Gasteiger partial charge >= 0.3 is 11.9 Å². The molecule has 0 bridgehead atoms. The van der Waals surface area contributed by atoms with E-state index in [4.69, 9.17) is 20.1 Å². The lowest BCUT2D eigenvalue weighted by Crippen LogP contribution is -2.66. The monoisotopic (exact) mass is 782 g/mol. The fourth-order valence-electron chi connectivity index (χ4n) is 4.57. The highest BCUT2D eigenvalue weighted by molar-refractivity contribution is 6.12. The minimum atomic E-state index is -1.98. The number of aliphatic hydroxyl groups is 1. The topological polar surface area (TPSA) is 319 Å². The molecule has 306 valence electrons. The molecule has 0 aromatic carbocycles. The lowest BCUT2D eigenvalue weighted by atomic mass is 10.0. The summed E-state index contributed by atoms with van der Waals surface area (Å²) in [5.74, 6) is -9.91. The van der Waals surface area contributed by atoms with Gasteiger partial charge in [0.1, 0.15) is 36.3 Å². The van der Waals surface area contributed by atoms with Crippen LogP contribution in [0.15, 0.2) is 24.5 Å². The van der Waals surface area contributed by atoms with Crippen LogP contribution in [-0.2, 0) is 52.7 Å². The Hall–Kier alpha value is -5.90. The molecule has 1 aliphatic heterocycles. The number of hydrogen-bond acceptors (Lipinski definition) is 13. The number of aliphatic carboxylic acids is 2. The van der Waals surface area contributed by atoms with Crippen LogP contribution in [0.2, 0.25) is 0 Å². The van der Waals surface area contributed by atoms with E-state index in [1.54, 1.807) is 11.9 Å². The Morgan fingerprint density at radius 1 is 0.691 bits per heavy atom. The zero-order valence-corrected chi connectivity index (χ0v) is 31.2. The molecule has 1 heterocycles. The number of nitrogens with zero attached hydrogens (tertiary/aromatic N) is 2. The first-order valence-corrected chi connectivity index (χ1v) is 17.1. The highest BCUT2D eigenvalue weighted by Gasteiger charge is 2.39. The summed E-state index contributed by atoms with van der Waals surface area (Å²) in [7, 11) is 1.69. The van der Waals surface area contributed by atoms with Crippen LogP contribution in [-0.4, -0.2) is 154 Å². The molecule has 55 heavy (non-hydrogen) atoms. The molecule has 1 rings (SSSR count). The van der Waals surface area contributed by atoms with Gasteiger partial charge in [0.2, 0.25) is 35.4 Å². The molecular formula is C33H50N8O14. The molecule has 0 radical (unpaired) electrons. The zero-order valence-electron chi connectivity index (χ0n) is 31.2. The van der Waals surface area contributed by atoms with E-state index in [1.165, 1.54) is 33.8 Å². The van der Waals surface area contributed by atoms with Crippen LogP contribution >= 0.6 is 0 Å². The summed E-state index contributed by atoms with van der Waals surface area (Å²) in [6, 6.07) is -9.54. The number of carbonyl (C=O) groups excluding carboxylic acids is 8. The maximum Gasteiger partial charge on any atom is 0.325 e. The van der Waals surface area contributed by atoms with Gasteiger partial charge in [-0.05, 0) is 53.7 Å². The van der Waals surface area contributed by atoms with Crippen LogP contribution in [0.3, 0.4) is 0 Å². The number of carboxylic acids is 2. The predicted molar refractivity (Wildman–Crippen MR) is 189 cm³/mol. The molecule has 0 aromatic heterocycles. The summed E-state index contributed by atoms with van der Waals surface area (Å²) < 4.78 is 5.31. The standard InChI is InChI=1S/C33H50N8O14/c1-18(28(47)36-20(3)32(51)52)34-30(49)26(38-22(43)9-6-13-40(5)17-55-16-8-15-42)27(31(50)35-19(2)29(48)37-21(4)33(53)54)39-23(44)10-7-14-41-24(45)11-12-25(41)46/h8,11-12,15,18-21,26-27,42H,6-7,9-10,13-14,16-17H2,1-5H3,(H,34,49)(H,35,50)(H,36,47)(H,37,48)(H,38,43)(H,39,44)(H,51,52)(H,53,54)/b15-8-/t18-,19-,20-,21-,26-,27-/m0/s1. The smallest absolute Gasteiger partial charge is 0.325 e. The Morgan fingerprint density at radius 3 is 1.53 bits per heavy atom. The average molecular weight is 783 g/mol. The lowest BCUT2D eigenvalue weighted by Gasteiger charge is -2.29. The number of hydrogen-bond donors (Lipinski definition) is 9. The number of amides is 8. The van der Waals surface area contributed by atoms with Crippen LogP contribution in [0, 0.1) is 0 Å². The molecule has 0 saturated heterocycles. The molecule has 0 saturated carbocycles. The van der Waals surface area contributed by atoms with E-state index in [-0.39, 0.29) is 39.1 Å². The average Bonchev–Trinajstić information content (AvgIpc) is 3.43. The van der Waals surface area contributed by atoms with Crippen LogP contribution < -0.4 is 31.9 Å². The molecular weight excluding hydrogens is 732 g/mol. The van der Waals surface area contributed by atoms with E-state index in [0.29, 0.717) is 6.54 Å². The largest absolute Gasteiger partial charge is 0.516 e. The van der Waals surface area contributed by atoms with E-state index >= 15 is 0 Å². The van der Waals surface area contributed by atoms with Gasteiger partial charge in [-0.15, -0.1) is 0 Å². The summed E-state index contributed by atoms with van der Waals surface area (Å²) in [6.45, 7) is 5.12. The van der Waals surface area contributed by atoms with Crippen molar-refractivity contribution < 1.29 is 68.0 Å². The summed E-state index contributed by atoms with van der Waals surface area (Å²) in [5.41, 5.74) is 0. The Bertz CT molecular complexity index is 1480. The lowest BCUT2D eigenvalue weighted by molar-refractivity contribution is -0.142. The fraction of sp³-hybridized carbons (Fsp3) is 0.576. The third kappa shape index (κ3) is 17.2.